The number of hydrogen-bond acceptors (Lipinski definition) is 2. The van der Waals surface area contributed by atoms with Gasteiger partial charge in [-0.05, 0) is 38.6 Å². The van der Waals surface area contributed by atoms with E-state index < -0.39 is 0 Å². The van der Waals surface area contributed by atoms with E-state index in [0.29, 0.717) is 0 Å². The molecule has 0 bridgehead atoms. The van der Waals surface area contributed by atoms with Crippen LogP contribution in [0.4, 0.5) is 0 Å². The summed E-state index contributed by atoms with van der Waals surface area (Å²) in [6.07, 6.45) is 7.08. The maximum absolute atomic E-state index is 3.63. The van der Waals surface area contributed by atoms with Crippen molar-refractivity contribution in [3.63, 3.8) is 0 Å². The monoisotopic (exact) mass is 182 g/mol. The second kappa shape index (κ2) is 4.43. The summed E-state index contributed by atoms with van der Waals surface area (Å²) in [6, 6.07) is 1.48. The molecule has 0 spiro atoms. The van der Waals surface area contributed by atoms with E-state index in [4.69, 9.17) is 0 Å². The molecule has 2 fully saturated rings. The zero-order chi connectivity index (χ0) is 9.10. The zero-order valence-electron chi connectivity index (χ0n) is 8.68. The molecule has 1 aliphatic carbocycles. The molecular weight excluding hydrogens is 160 g/mol. The van der Waals surface area contributed by atoms with Crippen LogP contribution >= 0.6 is 0 Å². The highest BCUT2D eigenvalue weighted by atomic mass is 15.0. The summed E-state index contributed by atoms with van der Waals surface area (Å²) in [4.78, 5) is 0. The van der Waals surface area contributed by atoms with Crippen LogP contribution in [-0.2, 0) is 0 Å². The molecule has 76 valence electrons. The molecule has 1 saturated carbocycles. The average molecular weight is 182 g/mol. The first kappa shape index (κ1) is 9.47. The van der Waals surface area contributed by atoms with Crippen molar-refractivity contribution in [2.24, 2.45) is 5.92 Å². The Labute approximate surface area is 81.5 Å². The predicted molar refractivity (Wildman–Crippen MR) is 55.8 cm³/mol. The maximum Gasteiger partial charge on any atom is 0.0193 e. The van der Waals surface area contributed by atoms with Crippen molar-refractivity contribution in [1.82, 2.24) is 10.6 Å². The molecule has 0 radical (unpaired) electrons. The smallest absolute Gasteiger partial charge is 0.0193 e. The van der Waals surface area contributed by atoms with Crippen LogP contribution < -0.4 is 10.6 Å². The Morgan fingerprint density at radius 3 is 2.85 bits per heavy atom. The van der Waals surface area contributed by atoms with Crippen LogP contribution in [0.2, 0.25) is 0 Å². The first-order valence-corrected chi connectivity index (χ1v) is 5.81. The maximum atomic E-state index is 3.63. The minimum absolute atomic E-state index is 0.731. The van der Waals surface area contributed by atoms with Gasteiger partial charge in [0.05, 0.1) is 0 Å². The third-order valence-corrected chi connectivity index (χ3v) is 3.26. The van der Waals surface area contributed by atoms with Gasteiger partial charge in [0.1, 0.15) is 0 Å². The Morgan fingerprint density at radius 1 is 1.38 bits per heavy atom. The third-order valence-electron chi connectivity index (χ3n) is 3.26. The molecule has 2 nitrogen and oxygen atoms in total. The van der Waals surface area contributed by atoms with E-state index in [1.165, 1.54) is 45.2 Å². The molecule has 2 heteroatoms. The van der Waals surface area contributed by atoms with Crippen LogP contribution in [0.25, 0.3) is 0 Å². The van der Waals surface area contributed by atoms with Gasteiger partial charge < -0.3 is 10.6 Å². The summed E-state index contributed by atoms with van der Waals surface area (Å²) in [6.45, 7) is 4.73. The van der Waals surface area contributed by atoms with E-state index in [-0.39, 0.29) is 0 Å². The SMILES string of the molecule is CC(CC1CC1)NCC1CCCN1. The quantitative estimate of drug-likeness (QED) is 0.673. The summed E-state index contributed by atoms with van der Waals surface area (Å²) in [5.74, 6) is 1.05. The van der Waals surface area contributed by atoms with Crippen molar-refractivity contribution in [2.45, 2.75) is 51.1 Å². The molecule has 13 heavy (non-hydrogen) atoms. The van der Waals surface area contributed by atoms with Gasteiger partial charge in [-0.2, -0.15) is 0 Å². The van der Waals surface area contributed by atoms with Crippen molar-refractivity contribution < 1.29 is 0 Å². The molecule has 1 aliphatic heterocycles. The highest BCUT2D eigenvalue weighted by Crippen LogP contribution is 2.33. The Hall–Kier alpha value is -0.0800. The van der Waals surface area contributed by atoms with Crippen molar-refractivity contribution in [2.75, 3.05) is 13.1 Å². The first-order chi connectivity index (χ1) is 6.34. The molecule has 0 aromatic carbocycles. The molecule has 2 N–H and O–H groups in total. The van der Waals surface area contributed by atoms with E-state index in [2.05, 4.69) is 17.6 Å². The molecule has 2 unspecified atom stereocenters. The third kappa shape index (κ3) is 3.28. The van der Waals surface area contributed by atoms with Crippen LogP contribution in [0.5, 0.6) is 0 Å². The fourth-order valence-corrected chi connectivity index (χ4v) is 2.21. The number of rotatable bonds is 5. The fourth-order valence-electron chi connectivity index (χ4n) is 2.21. The van der Waals surface area contributed by atoms with Crippen LogP contribution in [0.15, 0.2) is 0 Å². The second-order valence-corrected chi connectivity index (χ2v) is 4.78. The Kier molecular flexibility index (Phi) is 3.23. The van der Waals surface area contributed by atoms with Crippen molar-refractivity contribution in [3.8, 4) is 0 Å². The zero-order valence-corrected chi connectivity index (χ0v) is 8.68. The van der Waals surface area contributed by atoms with E-state index in [1.807, 2.05) is 0 Å². The summed E-state index contributed by atoms with van der Waals surface area (Å²) in [5.41, 5.74) is 0. The van der Waals surface area contributed by atoms with Gasteiger partial charge in [-0.1, -0.05) is 12.8 Å². The van der Waals surface area contributed by atoms with Gasteiger partial charge in [-0.25, -0.2) is 0 Å². The van der Waals surface area contributed by atoms with Crippen LogP contribution in [-0.4, -0.2) is 25.2 Å². The van der Waals surface area contributed by atoms with Gasteiger partial charge in [-0.3, -0.25) is 0 Å². The van der Waals surface area contributed by atoms with E-state index in [9.17, 15) is 0 Å². The predicted octanol–water partition coefficient (Wildman–Crippen LogP) is 1.52. The van der Waals surface area contributed by atoms with E-state index in [0.717, 1.165) is 18.0 Å². The topological polar surface area (TPSA) is 24.1 Å². The lowest BCUT2D eigenvalue weighted by Gasteiger charge is -2.17. The fraction of sp³-hybridized carbons (Fsp3) is 1.00. The van der Waals surface area contributed by atoms with Gasteiger partial charge in [0.2, 0.25) is 0 Å². The minimum atomic E-state index is 0.731. The van der Waals surface area contributed by atoms with E-state index in [1.54, 1.807) is 0 Å². The number of nitrogens with one attached hydrogen (secondary N) is 2. The average Bonchev–Trinajstić information content (AvgIpc) is 2.78. The van der Waals surface area contributed by atoms with Gasteiger partial charge in [0, 0.05) is 18.6 Å². The summed E-state index contributed by atoms with van der Waals surface area (Å²) in [7, 11) is 0. The molecule has 0 aromatic heterocycles. The molecule has 0 aromatic rings. The summed E-state index contributed by atoms with van der Waals surface area (Å²) >= 11 is 0. The van der Waals surface area contributed by atoms with Crippen molar-refractivity contribution >= 4 is 0 Å². The van der Waals surface area contributed by atoms with Gasteiger partial charge in [0.25, 0.3) is 0 Å². The van der Waals surface area contributed by atoms with Crippen LogP contribution in [0.3, 0.4) is 0 Å². The summed E-state index contributed by atoms with van der Waals surface area (Å²) < 4.78 is 0. The normalized spacial score (nSPS) is 30.7. The Morgan fingerprint density at radius 2 is 2.23 bits per heavy atom. The lowest BCUT2D eigenvalue weighted by atomic mass is 10.1. The molecular formula is C11H22N2. The highest BCUT2D eigenvalue weighted by molar-refractivity contribution is 4.81. The molecule has 2 rings (SSSR count). The molecule has 1 saturated heterocycles. The first-order valence-electron chi connectivity index (χ1n) is 5.81. The molecule has 2 atom stereocenters. The van der Waals surface area contributed by atoms with Gasteiger partial charge in [0.15, 0.2) is 0 Å². The Balaban J connectivity index is 1.54. The number of hydrogen-bond donors (Lipinski definition) is 2. The molecule has 0 amide bonds. The van der Waals surface area contributed by atoms with Crippen LogP contribution in [0, 0.1) is 5.92 Å². The molecule has 2 aliphatic rings. The van der Waals surface area contributed by atoms with Crippen molar-refractivity contribution in [1.29, 1.82) is 0 Å². The minimum Gasteiger partial charge on any atom is -0.313 e. The lowest BCUT2D eigenvalue weighted by Crippen LogP contribution is -2.38. The summed E-state index contributed by atoms with van der Waals surface area (Å²) in [5, 5.41) is 7.15. The van der Waals surface area contributed by atoms with Gasteiger partial charge in [-0.15, -0.1) is 0 Å². The van der Waals surface area contributed by atoms with E-state index >= 15 is 0 Å². The van der Waals surface area contributed by atoms with Crippen LogP contribution in [0.1, 0.15) is 39.0 Å². The lowest BCUT2D eigenvalue weighted by molar-refractivity contribution is 0.446. The van der Waals surface area contributed by atoms with Crippen molar-refractivity contribution in [3.05, 3.63) is 0 Å². The van der Waals surface area contributed by atoms with Gasteiger partial charge >= 0.3 is 0 Å². The highest BCUT2D eigenvalue weighted by Gasteiger charge is 2.23. The Bertz CT molecular complexity index is 148. The second-order valence-electron chi connectivity index (χ2n) is 4.78. The largest absolute Gasteiger partial charge is 0.313 e. The molecule has 1 heterocycles. The standard InChI is InChI=1S/C11H22N2/c1-9(7-10-4-5-10)13-8-11-3-2-6-12-11/h9-13H,2-8H2,1H3.